The first-order chi connectivity index (χ1) is 21.2. The summed E-state index contributed by atoms with van der Waals surface area (Å²) < 4.78 is 104. The van der Waals surface area contributed by atoms with Crippen molar-refractivity contribution in [2.75, 3.05) is 29.4 Å². The second kappa shape index (κ2) is 18.0. The van der Waals surface area contributed by atoms with E-state index in [9.17, 15) is 34.4 Å². The number of benzene rings is 2. The first kappa shape index (κ1) is 38.7. The number of aliphatic hydroxyl groups is 2. The van der Waals surface area contributed by atoms with Crippen molar-refractivity contribution in [3.05, 3.63) is 111 Å². The number of hydrogen-bond acceptors (Lipinski definition) is 8. The van der Waals surface area contributed by atoms with Crippen LogP contribution in [-0.2, 0) is 25.6 Å². The van der Waals surface area contributed by atoms with Gasteiger partial charge in [0.05, 0.1) is 37.4 Å². The molecule has 0 spiro atoms. The molecule has 45 heavy (non-hydrogen) atoms. The molecule has 2 N–H and O–H groups in total. The summed E-state index contributed by atoms with van der Waals surface area (Å²) in [6, 6.07) is 7.60. The fourth-order valence-corrected chi connectivity index (χ4v) is 7.01. The van der Waals surface area contributed by atoms with Gasteiger partial charge in [0.25, 0.3) is 10.0 Å². The van der Waals surface area contributed by atoms with Gasteiger partial charge in [0.15, 0.2) is 9.84 Å². The molecule has 0 fully saturated rings. The van der Waals surface area contributed by atoms with Gasteiger partial charge in [-0.1, -0.05) is 15.9 Å². The van der Waals surface area contributed by atoms with Crippen LogP contribution in [-0.4, -0.2) is 62.1 Å². The van der Waals surface area contributed by atoms with E-state index in [0.29, 0.717) is 32.0 Å². The lowest BCUT2D eigenvalue weighted by Gasteiger charge is -2.23. The van der Waals surface area contributed by atoms with Crippen LogP contribution < -0.4 is 4.31 Å². The van der Waals surface area contributed by atoms with E-state index in [0.717, 1.165) is 28.6 Å². The maximum absolute atomic E-state index is 13.8. The van der Waals surface area contributed by atoms with Gasteiger partial charge < -0.3 is 10.2 Å². The molecule has 0 aliphatic heterocycles. The maximum Gasteiger partial charge on any atom is 0.267 e. The minimum Gasteiger partial charge on any atom is -0.396 e. The van der Waals surface area contributed by atoms with Crippen molar-refractivity contribution in [1.82, 2.24) is 9.97 Å². The summed E-state index contributed by atoms with van der Waals surface area (Å²) in [6.45, 7) is -0.536. The van der Waals surface area contributed by atoms with Crippen molar-refractivity contribution in [1.29, 1.82) is 0 Å². The monoisotopic (exact) mass is 863 g/mol. The van der Waals surface area contributed by atoms with E-state index in [1.807, 2.05) is 0 Å². The van der Waals surface area contributed by atoms with E-state index in [4.69, 9.17) is 10.2 Å². The lowest BCUT2D eigenvalue weighted by molar-refractivity contribution is 0.306. The van der Waals surface area contributed by atoms with Crippen LogP contribution in [0.1, 0.15) is 5.56 Å². The molecule has 2 aromatic carbocycles. The van der Waals surface area contributed by atoms with Crippen LogP contribution in [0.5, 0.6) is 0 Å². The Morgan fingerprint density at radius 1 is 0.711 bits per heavy atom. The number of sulfonamides is 1. The lowest BCUT2D eigenvalue weighted by atomic mass is 10.3. The van der Waals surface area contributed by atoms with Gasteiger partial charge in [0.2, 0.25) is 0 Å². The summed E-state index contributed by atoms with van der Waals surface area (Å²) in [5.74, 6) is -4.40. The molecule has 0 amide bonds. The number of halogens is 7. The molecule has 2 heterocycles. The third-order valence-corrected chi connectivity index (χ3v) is 9.97. The van der Waals surface area contributed by atoms with E-state index in [2.05, 4.69) is 57.8 Å². The Labute approximate surface area is 282 Å². The number of alkyl halides is 1. The minimum atomic E-state index is -4.31. The van der Waals surface area contributed by atoms with Crippen molar-refractivity contribution in [3.8, 4) is 0 Å². The topological polar surface area (TPSA) is 138 Å². The van der Waals surface area contributed by atoms with E-state index in [1.54, 1.807) is 6.07 Å². The maximum atomic E-state index is 13.8. The second-order valence-corrected chi connectivity index (χ2v) is 14.9. The predicted octanol–water partition coefficient (Wildman–Crippen LogP) is 5.78. The fraction of sp³-hybridized carbons (Fsp3) is 0.185. The highest BCUT2D eigenvalue weighted by atomic mass is 79.9. The average Bonchev–Trinajstić information content (AvgIpc) is 2.95. The highest BCUT2D eigenvalue weighted by Gasteiger charge is 2.28. The van der Waals surface area contributed by atoms with Gasteiger partial charge in [0, 0.05) is 45.0 Å². The fourth-order valence-electron chi connectivity index (χ4n) is 3.38. The van der Waals surface area contributed by atoms with Gasteiger partial charge in [-0.2, -0.15) is 0 Å². The Morgan fingerprint density at radius 2 is 1.22 bits per heavy atom. The minimum absolute atomic E-state index is 0.146. The highest BCUT2D eigenvalue weighted by molar-refractivity contribution is 9.10. The van der Waals surface area contributed by atoms with Crippen molar-refractivity contribution in [2.24, 2.45) is 0 Å². The number of nitrogens with zero attached hydrogens (tertiary/aromatic N) is 3. The predicted molar refractivity (Wildman–Crippen MR) is 170 cm³/mol. The van der Waals surface area contributed by atoms with Crippen LogP contribution in [0.25, 0.3) is 0 Å². The molecule has 0 bridgehead atoms. The molecule has 0 saturated carbocycles. The number of anilines is 1. The van der Waals surface area contributed by atoms with Gasteiger partial charge in [-0.05, 0) is 73.8 Å². The third kappa shape index (κ3) is 11.7. The molecule has 9 nitrogen and oxygen atoms in total. The SMILES string of the molecule is O=S(=O)(Cc1cncc(Br)c1)c1ccc(F)cc1F.O=S(=O)(c1ccc(F)cc1F)N(CCO)c1cncc(Br)c1.OCCBr. The second-order valence-electron chi connectivity index (χ2n) is 8.49. The zero-order valence-corrected chi connectivity index (χ0v) is 29.2. The van der Waals surface area contributed by atoms with E-state index >= 15 is 0 Å². The van der Waals surface area contributed by atoms with Gasteiger partial charge in [0.1, 0.15) is 33.1 Å². The average molecular weight is 866 g/mol. The van der Waals surface area contributed by atoms with Crippen molar-refractivity contribution < 1.29 is 44.6 Å². The molecule has 244 valence electrons. The van der Waals surface area contributed by atoms with Crippen LogP contribution in [0.4, 0.5) is 23.2 Å². The smallest absolute Gasteiger partial charge is 0.267 e. The Kier molecular flexibility index (Phi) is 15.5. The molecule has 18 heteroatoms. The van der Waals surface area contributed by atoms with Crippen LogP contribution in [0, 0.1) is 23.3 Å². The van der Waals surface area contributed by atoms with Crippen LogP contribution in [0.15, 0.2) is 92.1 Å². The molecule has 2 aromatic heterocycles. The Morgan fingerprint density at radius 3 is 1.69 bits per heavy atom. The highest BCUT2D eigenvalue weighted by Crippen LogP contribution is 2.27. The summed E-state index contributed by atoms with van der Waals surface area (Å²) in [4.78, 5) is 6.48. The zero-order chi connectivity index (χ0) is 33.8. The van der Waals surface area contributed by atoms with Crippen LogP contribution in [0.2, 0.25) is 0 Å². The molecule has 0 saturated heterocycles. The molecule has 4 aromatic rings. The molecule has 0 aliphatic rings. The quantitative estimate of drug-likeness (QED) is 0.123. The first-order valence-corrected chi connectivity index (χ1v) is 18.1. The van der Waals surface area contributed by atoms with Gasteiger partial charge in [-0.15, -0.1) is 0 Å². The van der Waals surface area contributed by atoms with Gasteiger partial charge in [-0.3, -0.25) is 14.3 Å². The molecule has 0 aliphatic carbocycles. The number of aliphatic hydroxyl groups excluding tert-OH is 2. The summed E-state index contributed by atoms with van der Waals surface area (Å²) in [5.41, 5.74) is 0.560. The van der Waals surface area contributed by atoms with Crippen molar-refractivity contribution in [2.45, 2.75) is 15.5 Å². The van der Waals surface area contributed by atoms with Crippen molar-refractivity contribution >= 4 is 73.3 Å². The Bertz CT molecular complexity index is 1800. The van der Waals surface area contributed by atoms with Gasteiger partial charge in [-0.25, -0.2) is 34.4 Å². The lowest BCUT2D eigenvalue weighted by Crippen LogP contribution is -2.34. The largest absolute Gasteiger partial charge is 0.396 e. The Balaban J connectivity index is 0.000000283. The molecule has 0 unspecified atom stereocenters. The van der Waals surface area contributed by atoms with Gasteiger partial charge >= 0.3 is 0 Å². The number of aromatic nitrogens is 2. The standard InChI is InChI=1S/C13H11BrF2N2O3S.C12H8BrF2NO2S.C2H5BrO/c14-9-5-11(8-17-7-9)18(3-4-19)22(20,21)13-2-1-10(15)6-12(13)16;13-9-3-8(5-16-6-9)7-19(17,18)12-2-1-10(14)4-11(12)15;3-1-2-4/h1-2,5-8,19H,3-4H2;1-6H,7H2;4H,1-2H2. The van der Waals surface area contributed by atoms with Crippen LogP contribution >= 0.6 is 47.8 Å². The summed E-state index contributed by atoms with van der Waals surface area (Å²) in [5, 5.41) is 17.6. The van der Waals surface area contributed by atoms with Crippen LogP contribution in [0.3, 0.4) is 0 Å². The number of hydrogen-bond donors (Lipinski definition) is 2. The molecular formula is C27H24Br3F4N3O6S2. The normalized spacial score (nSPS) is 11.1. The van der Waals surface area contributed by atoms with E-state index in [1.165, 1.54) is 30.9 Å². The third-order valence-electron chi connectivity index (χ3n) is 5.18. The molecule has 4 rings (SSSR count). The molecular weight excluding hydrogens is 842 g/mol. The number of rotatable bonds is 9. The summed E-state index contributed by atoms with van der Waals surface area (Å²) in [6.07, 6.45) is 5.60. The number of pyridine rings is 2. The van der Waals surface area contributed by atoms with E-state index < -0.39 is 65.3 Å². The zero-order valence-electron chi connectivity index (χ0n) is 22.8. The Hall–Kier alpha value is -2.48. The van der Waals surface area contributed by atoms with E-state index in [-0.39, 0.29) is 18.8 Å². The van der Waals surface area contributed by atoms with Crippen molar-refractivity contribution in [3.63, 3.8) is 0 Å². The summed E-state index contributed by atoms with van der Waals surface area (Å²) >= 11 is 9.33. The first-order valence-electron chi connectivity index (χ1n) is 12.3. The summed E-state index contributed by atoms with van der Waals surface area (Å²) in [7, 11) is -8.19. The molecule has 0 atom stereocenters. The number of sulfone groups is 1. The molecule has 0 radical (unpaired) electrons.